The van der Waals surface area contributed by atoms with Crippen molar-refractivity contribution in [2.24, 2.45) is 0 Å². The summed E-state index contributed by atoms with van der Waals surface area (Å²) in [5.41, 5.74) is 0.680. The van der Waals surface area contributed by atoms with E-state index in [-0.39, 0.29) is 5.91 Å². The van der Waals surface area contributed by atoms with Gasteiger partial charge in [-0.25, -0.2) is 0 Å². The highest BCUT2D eigenvalue weighted by Crippen LogP contribution is 2.29. The number of ether oxygens (including phenoxy) is 2. The first-order valence-electron chi connectivity index (χ1n) is 7.48. The molecule has 1 amide bonds. The van der Waals surface area contributed by atoms with Gasteiger partial charge in [0.25, 0.3) is 0 Å². The molecule has 0 saturated carbocycles. The third-order valence-corrected chi connectivity index (χ3v) is 3.82. The molecule has 1 aromatic rings. The zero-order valence-corrected chi connectivity index (χ0v) is 12.8. The van der Waals surface area contributed by atoms with Gasteiger partial charge in [-0.3, -0.25) is 4.79 Å². The molecular weight excluding hydrogens is 268 g/mol. The smallest absolute Gasteiger partial charge is 0.224 e. The maximum Gasteiger partial charge on any atom is 0.224 e. The van der Waals surface area contributed by atoms with Gasteiger partial charge in [-0.15, -0.1) is 0 Å². The largest absolute Gasteiger partial charge is 0.497 e. The van der Waals surface area contributed by atoms with Crippen molar-refractivity contribution >= 4 is 11.6 Å². The number of rotatable bonds is 6. The number of anilines is 1. The predicted molar refractivity (Wildman–Crippen MR) is 83.1 cm³/mol. The van der Waals surface area contributed by atoms with Crippen LogP contribution in [0.4, 0.5) is 5.69 Å². The van der Waals surface area contributed by atoms with Crippen LogP contribution in [0.5, 0.6) is 11.5 Å². The van der Waals surface area contributed by atoms with E-state index in [1.54, 1.807) is 32.4 Å². The molecule has 116 valence electrons. The quantitative estimate of drug-likeness (QED) is 0.846. The number of carbonyl (C=O) groups excluding carboxylic acids is 1. The third-order valence-electron chi connectivity index (χ3n) is 3.82. The number of piperidine rings is 1. The van der Waals surface area contributed by atoms with E-state index in [0.29, 0.717) is 29.6 Å². The van der Waals surface area contributed by atoms with Gasteiger partial charge in [-0.2, -0.15) is 0 Å². The minimum Gasteiger partial charge on any atom is -0.497 e. The van der Waals surface area contributed by atoms with E-state index in [4.69, 9.17) is 9.47 Å². The average Bonchev–Trinajstić information content (AvgIpc) is 2.54. The number of benzene rings is 1. The minimum absolute atomic E-state index is 0.0193. The summed E-state index contributed by atoms with van der Waals surface area (Å²) in [6, 6.07) is 5.84. The molecule has 21 heavy (non-hydrogen) atoms. The van der Waals surface area contributed by atoms with Crippen LogP contribution in [0.2, 0.25) is 0 Å². The Morgan fingerprint density at radius 3 is 2.86 bits per heavy atom. The summed E-state index contributed by atoms with van der Waals surface area (Å²) in [6.45, 7) is 1.07. The Labute approximate surface area is 126 Å². The fourth-order valence-corrected chi connectivity index (χ4v) is 2.59. The first kappa shape index (κ1) is 15.6. The Bertz CT molecular complexity index is 471. The lowest BCUT2D eigenvalue weighted by Crippen LogP contribution is -2.34. The zero-order valence-electron chi connectivity index (χ0n) is 12.8. The number of hydrogen-bond acceptors (Lipinski definition) is 4. The molecule has 2 rings (SSSR count). The Morgan fingerprint density at radius 1 is 1.33 bits per heavy atom. The summed E-state index contributed by atoms with van der Waals surface area (Å²) < 4.78 is 10.4. The molecule has 1 atom stereocenters. The summed E-state index contributed by atoms with van der Waals surface area (Å²) in [4.78, 5) is 12.1. The molecule has 1 fully saturated rings. The molecule has 2 N–H and O–H groups in total. The topological polar surface area (TPSA) is 59.6 Å². The second-order valence-electron chi connectivity index (χ2n) is 5.30. The highest BCUT2D eigenvalue weighted by atomic mass is 16.5. The van der Waals surface area contributed by atoms with Gasteiger partial charge < -0.3 is 20.1 Å². The molecular formula is C16H24N2O3. The van der Waals surface area contributed by atoms with Crippen molar-refractivity contribution in [1.82, 2.24) is 5.32 Å². The molecule has 0 bridgehead atoms. The standard InChI is InChI=1S/C16H24N2O3/c1-20-13-7-8-14(15(11-13)21-2)18-16(19)9-6-12-5-3-4-10-17-12/h7-8,11-12,17H,3-6,9-10H2,1-2H3,(H,18,19). The van der Waals surface area contributed by atoms with Gasteiger partial charge in [-0.05, 0) is 37.9 Å². The van der Waals surface area contributed by atoms with Crippen molar-refractivity contribution < 1.29 is 14.3 Å². The highest BCUT2D eigenvalue weighted by molar-refractivity contribution is 5.92. The third kappa shape index (κ3) is 4.63. The molecule has 1 aliphatic rings. The minimum atomic E-state index is 0.0193. The van der Waals surface area contributed by atoms with Crippen molar-refractivity contribution in [2.75, 3.05) is 26.1 Å². The van der Waals surface area contributed by atoms with Gasteiger partial charge in [-0.1, -0.05) is 6.42 Å². The molecule has 1 heterocycles. The molecule has 1 aliphatic heterocycles. The maximum atomic E-state index is 12.1. The predicted octanol–water partition coefficient (Wildman–Crippen LogP) is 2.56. The van der Waals surface area contributed by atoms with Crippen LogP contribution in [0.25, 0.3) is 0 Å². The van der Waals surface area contributed by atoms with Gasteiger partial charge >= 0.3 is 0 Å². The van der Waals surface area contributed by atoms with Crippen molar-refractivity contribution in [1.29, 1.82) is 0 Å². The van der Waals surface area contributed by atoms with Crippen LogP contribution >= 0.6 is 0 Å². The normalized spacial score (nSPS) is 18.1. The number of amides is 1. The number of carbonyl (C=O) groups is 1. The van der Waals surface area contributed by atoms with Gasteiger partial charge in [0.2, 0.25) is 5.91 Å². The summed E-state index contributed by atoms with van der Waals surface area (Å²) in [5.74, 6) is 1.33. The second-order valence-corrected chi connectivity index (χ2v) is 5.30. The van der Waals surface area contributed by atoms with E-state index in [1.165, 1.54) is 19.3 Å². The Balaban J connectivity index is 1.86. The number of methoxy groups -OCH3 is 2. The molecule has 1 saturated heterocycles. The fourth-order valence-electron chi connectivity index (χ4n) is 2.59. The molecule has 0 aromatic heterocycles. The maximum absolute atomic E-state index is 12.1. The Morgan fingerprint density at radius 2 is 2.19 bits per heavy atom. The summed E-state index contributed by atoms with van der Waals surface area (Å²) >= 11 is 0. The summed E-state index contributed by atoms with van der Waals surface area (Å²) in [5, 5.41) is 6.36. The second kappa shape index (κ2) is 7.88. The lowest BCUT2D eigenvalue weighted by Gasteiger charge is -2.23. The molecule has 1 aromatic carbocycles. The van der Waals surface area contributed by atoms with Crippen LogP contribution in [0.3, 0.4) is 0 Å². The van der Waals surface area contributed by atoms with E-state index < -0.39 is 0 Å². The van der Waals surface area contributed by atoms with Crippen molar-refractivity contribution in [2.45, 2.75) is 38.1 Å². The van der Waals surface area contributed by atoms with Crippen molar-refractivity contribution in [3.05, 3.63) is 18.2 Å². The summed E-state index contributed by atoms with van der Waals surface area (Å²) in [6.07, 6.45) is 5.06. The lowest BCUT2D eigenvalue weighted by molar-refractivity contribution is -0.116. The first-order chi connectivity index (χ1) is 10.2. The van der Waals surface area contributed by atoms with Gasteiger partial charge in [0.1, 0.15) is 11.5 Å². The first-order valence-corrected chi connectivity index (χ1v) is 7.48. The molecule has 5 heteroatoms. The molecule has 0 aliphatic carbocycles. The van der Waals surface area contributed by atoms with Crippen LogP contribution in [0.1, 0.15) is 32.1 Å². The van der Waals surface area contributed by atoms with Crippen LogP contribution in [-0.4, -0.2) is 32.7 Å². The van der Waals surface area contributed by atoms with Crippen LogP contribution in [-0.2, 0) is 4.79 Å². The van der Waals surface area contributed by atoms with E-state index in [1.807, 2.05) is 0 Å². The van der Waals surface area contributed by atoms with Gasteiger partial charge in [0, 0.05) is 18.5 Å². The molecule has 0 radical (unpaired) electrons. The molecule has 1 unspecified atom stereocenters. The van der Waals surface area contributed by atoms with Gasteiger partial charge in [0.05, 0.1) is 19.9 Å². The molecule has 5 nitrogen and oxygen atoms in total. The van der Waals surface area contributed by atoms with Crippen LogP contribution in [0, 0.1) is 0 Å². The number of nitrogens with one attached hydrogen (secondary N) is 2. The highest BCUT2D eigenvalue weighted by Gasteiger charge is 2.15. The SMILES string of the molecule is COc1ccc(NC(=O)CCC2CCCCN2)c(OC)c1. The fraction of sp³-hybridized carbons (Fsp3) is 0.562. The zero-order chi connectivity index (χ0) is 15.1. The van der Waals surface area contributed by atoms with Crippen molar-refractivity contribution in [3.63, 3.8) is 0 Å². The monoisotopic (exact) mass is 292 g/mol. The van der Waals surface area contributed by atoms with Crippen LogP contribution in [0.15, 0.2) is 18.2 Å². The van der Waals surface area contributed by atoms with E-state index in [9.17, 15) is 4.79 Å². The molecule has 0 spiro atoms. The van der Waals surface area contributed by atoms with Crippen molar-refractivity contribution in [3.8, 4) is 11.5 Å². The van der Waals surface area contributed by atoms with E-state index >= 15 is 0 Å². The lowest BCUT2D eigenvalue weighted by atomic mass is 10.0. The van der Waals surface area contributed by atoms with E-state index in [0.717, 1.165) is 13.0 Å². The Kier molecular flexibility index (Phi) is 5.87. The van der Waals surface area contributed by atoms with E-state index in [2.05, 4.69) is 10.6 Å². The number of hydrogen-bond donors (Lipinski definition) is 2. The Hall–Kier alpha value is -1.75. The summed E-state index contributed by atoms with van der Waals surface area (Å²) in [7, 11) is 3.18. The van der Waals surface area contributed by atoms with Gasteiger partial charge in [0.15, 0.2) is 0 Å². The van der Waals surface area contributed by atoms with Crippen LogP contribution < -0.4 is 20.1 Å². The average molecular weight is 292 g/mol.